The molecular formula is C20H23ClN3OS+. The molecule has 0 bridgehead atoms. The van der Waals surface area contributed by atoms with E-state index in [1.807, 2.05) is 29.6 Å². The molecule has 3 N–H and O–H groups in total. The van der Waals surface area contributed by atoms with E-state index in [1.165, 1.54) is 49.9 Å². The van der Waals surface area contributed by atoms with Crippen LogP contribution in [0, 0.1) is 0 Å². The molecule has 0 saturated heterocycles. The third kappa shape index (κ3) is 3.70. The van der Waals surface area contributed by atoms with Crippen molar-refractivity contribution in [1.82, 2.24) is 9.97 Å². The van der Waals surface area contributed by atoms with Gasteiger partial charge in [-0.2, -0.15) is 0 Å². The van der Waals surface area contributed by atoms with Gasteiger partial charge in [0.25, 0.3) is 5.56 Å². The molecule has 0 amide bonds. The maximum absolute atomic E-state index is 12.7. The number of nitrogens with two attached hydrogens (primary N) is 1. The molecule has 0 spiro atoms. The first-order valence-electron chi connectivity index (χ1n) is 9.31. The van der Waals surface area contributed by atoms with Crippen molar-refractivity contribution in [3.8, 4) is 11.1 Å². The van der Waals surface area contributed by atoms with Gasteiger partial charge in [-0.3, -0.25) is 4.79 Å². The van der Waals surface area contributed by atoms with Crippen LogP contribution < -0.4 is 10.9 Å². The number of H-pyrrole nitrogens is 1. The number of hydrogen-bond donors (Lipinski definition) is 2. The zero-order valence-corrected chi connectivity index (χ0v) is 16.2. The van der Waals surface area contributed by atoms with E-state index in [4.69, 9.17) is 16.6 Å². The number of fused-ring (bicyclic) bond motifs is 1. The van der Waals surface area contributed by atoms with Gasteiger partial charge in [-0.1, -0.05) is 42.6 Å². The van der Waals surface area contributed by atoms with Gasteiger partial charge < -0.3 is 10.3 Å². The van der Waals surface area contributed by atoms with Crippen molar-refractivity contribution in [2.75, 3.05) is 0 Å². The number of nitrogens with zero attached hydrogens (tertiary/aromatic N) is 1. The molecule has 4 nitrogen and oxygen atoms in total. The van der Waals surface area contributed by atoms with Crippen LogP contribution in [-0.4, -0.2) is 16.0 Å². The summed E-state index contributed by atoms with van der Waals surface area (Å²) < 4.78 is 0. The second-order valence-electron chi connectivity index (χ2n) is 7.01. The molecule has 1 aliphatic rings. The highest BCUT2D eigenvalue weighted by Crippen LogP contribution is 2.34. The zero-order chi connectivity index (χ0) is 17.9. The van der Waals surface area contributed by atoms with Gasteiger partial charge in [0.05, 0.1) is 11.4 Å². The first-order valence-corrected chi connectivity index (χ1v) is 10.6. The fraction of sp³-hybridized carbons (Fsp3) is 0.400. The number of quaternary nitrogens is 1. The molecule has 1 aliphatic carbocycles. The van der Waals surface area contributed by atoms with E-state index < -0.39 is 0 Å². The van der Waals surface area contributed by atoms with Crippen LogP contribution in [0.1, 0.15) is 44.3 Å². The summed E-state index contributed by atoms with van der Waals surface area (Å²) in [7, 11) is 0. The quantitative estimate of drug-likeness (QED) is 0.661. The average molecular weight is 389 g/mol. The van der Waals surface area contributed by atoms with E-state index >= 15 is 0 Å². The Morgan fingerprint density at radius 1 is 1.15 bits per heavy atom. The molecule has 1 aromatic carbocycles. The van der Waals surface area contributed by atoms with Crippen molar-refractivity contribution < 1.29 is 5.32 Å². The number of aromatic amines is 1. The Morgan fingerprint density at radius 2 is 1.92 bits per heavy atom. The molecule has 6 heteroatoms. The molecule has 3 aromatic rings. The molecule has 0 radical (unpaired) electrons. The van der Waals surface area contributed by atoms with Crippen LogP contribution in [0.25, 0.3) is 21.3 Å². The predicted molar refractivity (Wildman–Crippen MR) is 108 cm³/mol. The predicted octanol–water partition coefficient (Wildman–Crippen LogP) is 4.09. The highest BCUT2D eigenvalue weighted by atomic mass is 35.5. The molecule has 2 heterocycles. The molecule has 2 aromatic heterocycles. The van der Waals surface area contributed by atoms with E-state index in [0.29, 0.717) is 16.5 Å². The Morgan fingerprint density at radius 3 is 2.69 bits per heavy atom. The first-order chi connectivity index (χ1) is 12.7. The van der Waals surface area contributed by atoms with Crippen LogP contribution >= 0.6 is 22.9 Å². The van der Waals surface area contributed by atoms with E-state index in [-0.39, 0.29) is 5.56 Å². The molecule has 1 fully saturated rings. The Hall–Kier alpha value is -1.69. The lowest BCUT2D eigenvalue weighted by atomic mass is 10.1. The average Bonchev–Trinajstić information content (AvgIpc) is 2.89. The Labute approximate surface area is 161 Å². The van der Waals surface area contributed by atoms with Crippen molar-refractivity contribution in [2.45, 2.75) is 51.1 Å². The summed E-state index contributed by atoms with van der Waals surface area (Å²) in [5.74, 6) is 0.763. The van der Waals surface area contributed by atoms with Crippen LogP contribution in [0.4, 0.5) is 0 Å². The lowest BCUT2D eigenvalue weighted by molar-refractivity contribution is -0.706. The fourth-order valence-corrected chi connectivity index (χ4v) is 4.99. The van der Waals surface area contributed by atoms with Crippen molar-refractivity contribution in [3.05, 3.63) is 50.8 Å². The number of aromatic nitrogens is 2. The zero-order valence-electron chi connectivity index (χ0n) is 14.6. The van der Waals surface area contributed by atoms with Crippen molar-refractivity contribution in [3.63, 3.8) is 0 Å². The smallest absolute Gasteiger partial charge is 0.260 e. The second kappa shape index (κ2) is 7.91. The van der Waals surface area contributed by atoms with E-state index in [0.717, 1.165) is 28.3 Å². The Bertz CT molecular complexity index is 957. The van der Waals surface area contributed by atoms with Crippen molar-refractivity contribution in [1.29, 1.82) is 0 Å². The van der Waals surface area contributed by atoms with Crippen molar-refractivity contribution >= 4 is 33.2 Å². The van der Waals surface area contributed by atoms with Crippen LogP contribution in [0.2, 0.25) is 5.02 Å². The van der Waals surface area contributed by atoms with Gasteiger partial charge in [0.1, 0.15) is 11.4 Å². The first kappa shape index (κ1) is 17.7. The summed E-state index contributed by atoms with van der Waals surface area (Å²) >= 11 is 7.82. The second-order valence-corrected chi connectivity index (χ2v) is 8.28. The number of nitrogens with one attached hydrogen (secondary N) is 1. The molecular weight excluding hydrogens is 366 g/mol. The monoisotopic (exact) mass is 388 g/mol. The maximum Gasteiger partial charge on any atom is 0.260 e. The normalized spacial score (nSPS) is 16.0. The molecule has 4 rings (SSSR count). The number of rotatable bonds is 4. The molecule has 26 heavy (non-hydrogen) atoms. The fourth-order valence-electron chi connectivity index (χ4n) is 3.79. The van der Waals surface area contributed by atoms with Crippen molar-refractivity contribution in [2.24, 2.45) is 0 Å². The summed E-state index contributed by atoms with van der Waals surface area (Å²) in [6.45, 7) is 0.731. The molecule has 0 aliphatic heterocycles. The molecule has 0 unspecified atom stereocenters. The third-order valence-corrected chi connectivity index (χ3v) is 6.40. The standard InChI is InChI=1S/C20H22ClN3OS/c21-16-10-6-5-9-14(16)15-12-26-20-18(15)19(25)23-17(24-20)11-22-13-7-3-1-2-4-8-13/h5-6,9-10,12-13,22H,1-4,7-8,11H2,(H,23,24,25)/p+1. The lowest BCUT2D eigenvalue weighted by Crippen LogP contribution is -2.88. The largest absolute Gasteiger partial charge is 0.338 e. The minimum absolute atomic E-state index is 0.0737. The third-order valence-electron chi connectivity index (χ3n) is 5.20. The minimum atomic E-state index is -0.0737. The summed E-state index contributed by atoms with van der Waals surface area (Å²) in [6.07, 6.45) is 7.87. The number of thiophene rings is 1. The minimum Gasteiger partial charge on any atom is -0.338 e. The highest BCUT2D eigenvalue weighted by molar-refractivity contribution is 7.17. The van der Waals surface area contributed by atoms with Gasteiger partial charge in [-0.25, -0.2) is 4.98 Å². The Balaban J connectivity index is 1.60. The summed E-state index contributed by atoms with van der Waals surface area (Å²) in [4.78, 5) is 21.2. The van der Waals surface area contributed by atoms with Crippen LogP contribution in [0.5, 0.6) is 0 Å². The molecule has 0 atom stereocenters. The lowest BCUT2D eigenvalue weighted by Gasteiger charge is -2.12. The highest BCUT2D eigenvalue weighted by Gasteiger charge is 2.18. The van der Waals surface area contributed by atoms with Crippen LogP contribution in [0.15, 0.2) is 34.4 Å². The number of hydrogen-bond acceptors (Lipinski definition) is 3. The SMILES string of the molecule is O=c1[nH]c(C[NH2+]C2CCCCCC2)nc2scc(-c3ccccc3Cl)c12. The van der Waals surface area contributed by atoms with Gasteiger partial charge in [0, 0.05) is 21.5 Å². The van der Waals surface area contributed by atoms with Gasteiger partial charge in [-0.15, -0.1) is 11.3 Å². The maximum atomic E-state index is 12.7. The van der Waals surface area contributed by atoms with E-state index in [9.17, 15) is 4.79 Å². The summed E-state index contributed by atoms with van der Waals surface area (Å²) in [5.41, 5.74) is 1.67. The van der Waals surface area contributed by atoms with Crippen LogP contribution in [0.3, 0.4) is 0 Å². The number of benzene rings is 1. The van der Waals surface area contributed by atoms with Gasteiger partial charge in [0.15, 0.2) is 5.82 Å². The molecule has 1 saturated carbocycles. The summed E-state index contributed by atoms with van der Waals surface area (Å²) in [5, 5.41) is 5.61. The van der Waals surface area contributed by atoms with Gasteiger partial charge in [-0.05, 0) is 31.7 Å². The summed E-state index contributed by atoms with van der Waals surface area (Å²) in [6, 6.07) is 8.27. The Kier molecular flexibility index (Phi) is 5.38. The topological polar surface area (TPSA) is 62.4 Å². The van der Waals surface area contributed by atoms with E-state index in [2.05, 4.69) is 10.3 Å². The number of halogens is 1. The van der Waals surface area contributed by atoms with E-state index in [1.54, 1.807) is 0 Å². The van der Waals surface area contributed by atoms with Gasteiger partial charge in [0.2, 0.25) is 0 Å². The van der Waals surface area contributed by atoms with Gasteiger partial charge >= 0.3 is 0 Å². The molecule has 136 valence electrons. The van der Waals surface area contributed by atoms with Crippen LogP contribution in [-0.2, 0) is 6.54 Å².